The van der Waals surface area contributed by atoms with E-state index in [-0.39, 0.29) is 0 Å². The van der Waals surface area contributed by atoms with Crippen LogP contribution < -0.4 is 5.32 Å². The van der Waals surface area contributed by atoms with Gasteiger partial charge in [0.25, 0.3) is 0 Å². The van der Waals surface area contributed by atoms with Crippen molar-refractivity contribution in [2.75, 3.05) is 26.2 Å². The summed E-state index contributed by atoms with van der Waals surface area (Å²) in [7, 11) is 0. The summed E-state index contributed by atoms with van der Waals surface area (Å²) in [5, 5.41) is 3.77. The number of hydrogen-bond donors (Lipinski definition) is 1. The summed E-state index contributed by atoms with van der Waals surface area (Å²) < 4.78 is 0. The van der Waals surface area contributed by atoms with Crippen LogP contribution in [-0.2, 0) is 0 Å². The third-order valence-electron chi connectivity index (χ3n) is 5.06. The fourth-order valence-corrected chi connectivity index (χ4v) is 3.57. The molecule has 1 rings (SSSR count). The summed E-state index contributed by atoms with van der Waals surface area (Å²) in [6.45, 7) is 14.5. The van der Waals surface area contributed by atoms with Crippen LogP contribution in [0.15, 0.2) is 0 Å². The summed E-state index contributed by atoms with van der Waals surface area (Å²) in [6.07, 6.45) is 9.46. The highest BCUT2D eigenvalue weighted by molar-refractivity contribution is 4.85. The van der Waals surface area contributed by atoms with E-state index in [1.807, 2.05) is 0 Å². The Bertz CT molecular complexity index is 229. The van der Waals surface area contributed by atoms with Crippen molar-refractivity contribution in [3.63, 3.8) is 0 Å². The second-order valence-electron chi connectivity index (χ2n) is 6.69. The summed E-state index contributed by atoms with van der Waals surface area (Å²) >= 11 is 0. The van der Waals surface area contributed by atoms with Gasteiger partial charge in [-0.2, -0.15) is 0 Å². The molecule has 3 unspecified atom stereocenters. The minimum Gasteiger partial charge on any atom is -0.314 e. The lowest BCUT2D eigenvalue weighted by atomic mass is 9.88. The monoisotopic (exact) mass is 282 g/mol. The summed E-state index contributed by atoms with van der Waals surface area (Å²) in [5.41, 5.74) is 0. The Kier molecular flexibility index (Phi) is 9.54. The number of rotatable bonds is 10. The number of nitrogens with zero attached hydrogens (tertiary/aromatic N) is 1. The van der Waals surface area contributed by atoms with Gasteiger partial charge in [-0.25, -0.2) is 0 Å². The van der Waals surface area contributed by atoms with Gasteiger partial charge >= 0.3 is 0 Å². The molecule has 1 N–H and O–H groups in total. The average molecular weight is 283 g/mol. The first-order valence-electron chi connectivity index (χ1n) is 9.20. The van der Waals surface area contributed by atoms with Gasteiger partial charge in [0, 0.05) is 19.1 Å². The van der Waals surface area contributed by atoms with Gasteiger partial charge in [0.05, 0.1) is 0 Å². The Balaban J connectivity index is 2.38. The SMILES string of the molecule is CCCCC(CC)CN1CCC(NCCC)C(CC)C1. The largest absolute Gasteiger partial charge is 0.314 e. The van der Waals surface area contributed by atoms with Crippen molar-refractivity contribution in [2.45, 2.75) is 78.7 Å². The molecular weight excluding hydrogens is 244 g/mol. The lowest BCUT2D eigenvalue weighted by molar-refractivity contribution is 0.114. The lowest BCUT2D eigenvalue weighted by Crippen LogP contribution is -2.50. The molecule has 20 heavy (non-hydrogen) atoms. The van der Waals surface area contributed by atoms with Crippen LogP contribution in [0.4, 0.5) is 0 Å². The van der Waals surface area contributed by atoms with Crippen LogP contribution in [0.25, 0.3) is 0 Å². The van der Waals surface area contributed by atoms with Crippen LogP contribution in [0.3, 0.4) is 0 Å². The first-order valence-corrected chi connectivity index (χ1v) is 9.20. The van der Waals surface area contributed by atoms with E-state index in [1.54, 1.807) is 0 Å². The molecule has 2 nitrogen and oxygen atoms in total. The molecule has 1 heterocycles. The summed E-state index contributed by atoms with van der Waals surface area (Å²) in [5.74, 6) is 1.78. The minimum absolute atomic E-state index is 0.770. The van der Waals surface area contributed by atoms with Gasteiger partial charge in [0.2, 0.25) is 0 Å². The molecule has 120 valence electrons. The molecule has 0 aromatic heterocycles. The van der Waals surface area contributed by atoms with Gasteiger partial charge in [-0.05, 0) is 44.2 Å². The van der Waals surface area contributed by atoms with Gasteiger partial charge in [0.1, 0.15) is 0 Å². The fraction of sp³-hybridized carbons (Fsp3) is 1.00. The van der Waals surface area contributed by atoms with Crippen LogP contribution in [-0.4, -0.2) is 37.1 Å². The van der Waals surface area contributed by atoms with Crippen LogP contribution >= 0.6 is 0 Å². The maximum absolute atomic E-state index is 3.77. The lowest BCUT2D eigenvalue weighted by Gasteiger charge is -2.40. The van der Waals surface area contributed by atoms with E-state index >= 15 is 0 Å². The van der Waals surface area contributed by atoms with E-state index in [4.69, 9.17) is 0 Å². The highest BCUT2D eigenvalue weighted by Gasteiger charge is 2.28. The van der Waals surface area contributed by atoms with Crippen molar-refractivity contribution < 1.29 is 0 Å². The molecule has 0 saturated carbocycles. The second-order valence-corrected chi connectivity index (χ2v) is 6.69. The van der Waals surface area contributed by atoms with Crippen molar-refractivity contribution in [1.82, 2.24) is 10.2 Å². The number of unbranched alkanes of at least 4 members (excludes halogenated alkanes) is 1. The first-order chi connectivity index (χ1) is 9.74. The number of piperidine rings is 1. The zero-order valence-corrected chi connectivity index (χ0v) is 14.5. The zero-order valence-electron chi connectivity index (χ0n) is 14.5. The molecule has 1 aliphatic heterocycles. The van der Waals surface area contributed by atoms with E-state index in [0.29, 0.717) is 0 Å². The molecule has 0 bridgehead atoms. The van der Waals surface area contributed by atoms with Crippen molar-refractivity contribution in [2.24, 2.45) is 11.8 Å². The Hall–Kier alpha value is -0.0800. The van der Waals surface area contributed by atoms with Crippen molar-refractivity contribution in [1.29, 1.82) is 0 Å². The molecule has 2 heteroatoms. The molecule has 0 amide bonds. The molecule has 0 aliphatic carbocycles. The second kappa shape index (κ2) is 10.6. The molecule has 1 saturated heterocycles. The van der Waals surface area contributed by atoms with Gasteiger partial charge in [-0.15, -0.1) is 0 Å². The Morgan fingerprint density at radius 2 is 1.95 bits per heavy atom. The quantitative estimate of drug-likeness (QED) is 0.642. The number of nitrogens with one attached hydrogen (secondary N) is 1. The first kappa shape index (κ1) is 18.0. The van der Waals surface area contributed by atoms with E-state index in [2.05, 4.69) is 37.9 Å². The van der Waals surface area contributed by atoms with Gasteiger partial charge in [-0.3, -0.25) is 0 Å². The Labute approximate surface area is 127 Å². The predicted molar refractivity (Wildman–Crippen MR) is 90.2 cm³/mol. The highest BCUT2D eigenvalue weighted by Crippen LogP contribution is 2.23. The Morgan fingerprint density at radius 3 is 2.55 bits per heavy atom. The van der Waals surface area contributed by atoms with E-state index in [0.717, 1.165) is 17.9 Å². The van der Waals surface area contributed by atoms with Crippen molar-refractivity contribution in [3.05, 3.63) is 0 Å². The van der Waals surface area contributed by atoms with Crippen LogP contribution in [0.5, 0.6) is 0 Å². The molecule has 0 spiro atoms. The van der Waals surface area contributed by atoms with Gasteiger partial charge in [-0.1, -0.05) is 53.4 Å². The van der Waals surface area contributed by atoms with Gasteiger partial charge in [0.15, 0.2) is 0 Å². The zero-order chi connectivity index (χ0) is 14.8. The smallest absolute Gasteiger partial charge is 0.0120 e. The minimum atomic E-state index is 0.770. The van der Waals surface area contributed by atoms with E-state index in [9.17, 15) is 0 Å². The molecule has 1 fully saturated rings. The Morgan fingerprint density at radius 1 is 1.15 bits per heavy atom. The fourth-order valence-electron chi connectivity index (χ4n) is 3.57. The molecule has 0 aromatic rings. The highest BCUT2D eigenvalue weighted by atomic mass is 15.1. The standard InChI is InChI=1S/C18H38N2/c1-5-9-10-16(7-3)14-20-13-11-18(19-12-6-2)17(8-4)15-20/h16-19H,5-15H2,1-4H3. The molecular formula is C18H38N2. The van der Waals surface area contributed by atoms with Crippen LogP contribution in [0.1, 0.15) is 72.6 Å². The molecule has 0 aromatic carbocycles. The molecule has 3 atom stereocenters. The maximum Gasteiger partial charge on any atom is 0.0120 e. The molecule has 0 radical (unpaired) electrons. The van der Waals surface area contributed by atoms with Crippen LogP contribution in [0.2, 0.25) is 0 Å². The van der Waals surface area contributed by atoms with E-state index < -0.39 is 0 Å². The van der Waals surface area contributed by atoms with Crippen molar-refractivity contribution >= 4 is 0 Å². The van der Waals surface area contributed by atoms with Crippen LogP contribution in [0, 0.1) is 11.8 Å². The summed E-state index contributed by atoms with van der Waals surface area (Å²) in [4.78, 5) is 2.75. The third-order valence-corrected chi connectivity index (χ3v) is 5.06. The third kappa shape index (κ3) is 6.13. The van der Waals surface area contributed by atoms with E-state index in [1.165, 1.54) is 71.1 Å². The normalized spacial score (nSPS) is 25.8. The average Bonchev–Trinajstić information content (AvgIpc) is 2.49. The number of hydrogen-bond acceptors (Lipinski definition) is 2. The van der Waals surface area contributed by atoms with Crippen molar-refractivity contribution in [3.8, 4) is 0 Å². The molecule has 1 aliphatic rings. The summed E-state index contributed by atoms with van der Waals surface area (Å²) in [6, 6.07) is 0.770. The van der Waals surface area contributed by atoms with Gasteiger partial charge < -0.3 is 10.2 Å². The maximum atomic E-state index is 3.77. The topological polar surface area (TPSA) is 15.3 Å². The predicted octanol–water partition coefficient (Wildman–Crippen LogP) is 4.30. The number of likely N-dealkylation sites (tertiary alicyclic amines) is 1.